The molecule has 0 atom stereocenters. The van der Waals surface area contributed by atoms with Gasteiger partial charge in [-0.25, -0.2) is 4.39 Å². The molecular weight excluding hydrogens is 262 g/mol. The van der Waals surface area contributed by atoms with E-state index in [0.29, 0.717) is 6.29 Å². The monoisotopic (exact) mass is 274 g/mol. The maximum Gasteiger partial charge on any atom is 0.488 e. The lowest BCUT2D eigenvalue weighted by atomic mass is 9.79. The van der Waals surface area contributed by atoms with Crippen molar-refractivity contribution < 1.29 is 24.0 Å². The molecule has 0 aromatic heterocycles. The van der Waals surface area contributed by atoms with Crippen molar-refractivity contribution in [2.75, 3.05) is 0 Å². The minimum absolute atomic E-state index is 0.00318. The fourth-order valence-corrected chi connectivity index (χ4v) is 1.72. The highest BCUT2D eigenvalue weighted by atomic mass is 19.1. The standard InChI is InChI=1S/C14H12BFO4/c16-14-11(8-17)6-12(15(18)19)7-13(14)20-9-10-4-2-1-3-5-10/h1-8,18-19H,9H2. The van der Waals surface area contributed by atoms with Crippen LogP contribution in [0, 0.1) is 5.82 Å². The highest BCUT2D eigenvalue weighted by molar-refractivity contribution is 6.58. The molecule has 4 nitrogen and oxygen atoms in total. The van der Waals surface area contributed by atoms with Gasteiger partial charge in [0.15, 0.2) is 17.9 Å². The van der Waals surface area contributed by atoms with Gasteiger partial charge in [0.1, 0.15) is 6.61 Å². The predicted octanol–water partition coefficient (Wildman–Crippen LogP) is 0.897. The summed E-state index contributed by atoms with van der Waals surface area (Å²) in [5.41, 5.74) is 0.546. The molecule has 102 valence electrons. The van der Waals surface area contributed by atoms with Gasteiger partial charge in [0.25, 0.3) is 0 Å². The summed E-state index contributed by atoms with van der Waals surface area (Å²) >= 11 is 0. The zero-order chi connectivity index (χ0) is 14.5. The van der Waals surface area contributed by atoms with Crippen LogP contribution in [0.15, 0.2) is 42.5 Å². The van der Waals surface area contributed by atoms with Crippen molar-refractivity contribution >= 4 is 18.9 Å². The summed E-state index contributed by atoms with van der Waals surface area (Å²) in [4.78, 5) is 10.8. The molecule has 0 aliphatic rings. The largest absolute Gasteiger partial charge is 0.488 e. The van der Waals surface area contributed by atoms with Crippen LogP contribution < -0.4 is 10.2 Å². The van der Waals surface area contributed by atoms with E-state index in [1.54, 1.807) is 0 Å². The molecule has 2 N–H and O–H groups in total. The molecule has 0 saturated heterocycles. The van der Waals surface area contributed by atoms with Gasteiger partial charge in [0, 0.05) is 0 Å². The number of rotatable bonds is 5. The molecule has 6 heteroatoms. The molecule has 2 aromatic rings. The Kier molecular flexibility index (Phi) is 4.50. The van der Waals surface area contributed by atoms with Gasteiger partial charge in [-0.05, 0) is 23.2 Å². The topological polar surface area (TPSA) is 66.8 Å². The Balaban J connectivity index is 2.26. The Morgan fingerprint density at radius 3 is 2.50 bits per heavy atom. The normalized spacial score (nSPS) is 10.2. The van der Waals surface area contributed by atoms with Gasteiger partial charge in [-0.15, -0.1) is 0 Å². The first-order valence-corrected chi connectivity index (χ1v) is 5.93. The molecule has 0 aliphatic heterocycles. The van der Waals surface area contributed by atoms with Crippen LogP contribution in [-0.4, -0.2) is 23.5 Å². The Bertz CT molecular complexity index is 602. The molecule has 0 spiro atoms. The summed E-state index contributed by atoms with van der Waals surface area (Å²) in [6.45, 7) is 0.112. The predicted molar refractivity (Wildman–Crippen MR) is 72.4 cm³/mol. The van der Waals surface area contributed by atoms with Gasteiger partial charge in [0.05, 0.1) is 5.56 Å². The van der Waals surface area contributed by atoms with Crippen LogP contribution in [-0.2, 0) is 6.61 Å². The van der Waals surface area contributed by atoms with Crippen LogP contribution in [0.2, 0.25) is 0 Å². The molecule has 0 unspecified atom stereocenters. The van der Waals surface area contributed by atoms with Crippen molar-refractivity contribution in [1.82, 2.24) is 0 Å². The zero-order valence-corrected chi connectivity index (χ0v) is 10.5. The summed E-state index contributed by atoms with van der Waals surface area (Å²) in [6.07, 6.45) is 0.302. The summed E-state index contributed by atoms with van der Waals surface area (Å²) in [7, 11) is -1.80. The van der Waals surface area contributed by atoms with Crippen molar-refractivity contribution in [2.24, 2.45) is 0 Å². The van der Waals surface area contributed by atoms with Gasteiger partial charge >= 0.3 is 7.12 Å². The maximum absolute atomic E-state index is 13.9. The molecule has 0 heterocycles. The van der Waals surface area contributed by atoms with Gasteiger partial charge < -0.3 is 14.8 Å². The zero-order valence-electron chi connectivity index (χ0n) is 10.5. The minimum Gasteiger partial charge on any atom is -0.486 e. The van der Waals surface area contributed by atoms with Crippen LogP contribution in [0.1, 0.15) is 15.9 Å². The summed E-state index contributed by atoms with van der Waals surface area (Å²) < 4.78 is 19.2. The van der Waals surface area contributed by atoms with Crippen molar-refractivity contribution in [1.29, 1.82) is 0 Å². The van der Waals surface area contributed by atoms with Crippen molar-refractivity contribution in [3.8, 4) is 5.75 Å². The van der Waals surface area contributed by atoms with Crippen molar-refractivity contribution in [3.05, 3.63) is 59.4 Å². The average Bonchev–Trinajstić information content (AvgIpc) is 2.47. The average molecular weight is 274 g/mol. The van der Waals surface area contributed by atoms with Crippen molar-refractivity contribution in [3.63, 3.8) is 0 Å². The second kappa shape index (κ2) is 6.32. The van der Waals surface area contributed by atoms with Crippen LogP contribution >= 0.6 is 0 Å². The molecule has 0 amide bonds. The highest BCUT2D eigenvalue weighted by Gasteiger charge is 2.18. The molecule has 0 bridgehead atoms. The van der Waals surface area contributed by atoms with Crippen LogP contribution in [0.4, 0.5) is 4.39 Å². The number of carbonyl (C=O) groups is 1. The maximum atomic E-state index is 13.9. The first kappa shape index (κ1) is 14.2. The molecule has 0 aliphatic carbocycles. The number of benzene rings is 2. The fraction of sp³-hybridized carbons (Fsp3) is 0.0714. The number of carbonyl (C=O) groups excluding carboxylic acids is 1. The molecule has 0 radical (unpaired) electrons. The second-order valence-corrected chi connectivity index (χ2v) is 4.19. The van der Waals surface area contributed by atoms with E-state index in [1.165, 1.54) is 0 Å². The first-order chi connectivity index (χ1) is 9.61. The molecule has 0 fully saturated rings. The minimum atomic E-state index is -1.80. The number of aldehydes is 1. The SMILES string of the molecule is O=Cc1cc(B(O)O)cc(OCc2ccccc2)c1F. The van der Waals surface area contributed by atoms with E-state index in [9.17, 15) is 9.18 Å². The third-order valence-corrected chi connectivity index (χ3v) is 2.75. The smallest absolute Gasteiger partial charge is 0.486 e. The number of hydrogen-bond donors (Lipinski definition) is 2. The van der Waals surface area contributed by atoms with E-state index >= 15 is 0 Å². The van der Waals surface area contributed by atoms with E-state index in [2.05, 4.69) is 0 Å². The van der Waals surface area contributed by atoms with Crippen molar-refractivity contribution in [2.45, 2.75) is 6.61 Å². The summed E-state index contributed by atoms with van der Waals surface area (Å²) in [6, 6.07) is 11.3. The lowest BCUT2D eigenvalue weighted by Crippen LogP contribution is -2.30. The van der Waals surface area contributed by atoms with Crippen LogP contribution in [0.5, 0.6) is 5.75 Å². The molecular formula is C14H12BFO4. The molecule has 20 heavy (non-hydrogen) atoms. The first-order valence-electron chi connectivity index (χ1n) is 5.93. The summed E-state index contributed by atoms with van der Waals surface area (Å²) in [5, 5.41) is 18.2. The van der Waals surface area contributed by atoms with Gasteiger partial charge in [-0.3, -0.25) is 4.79 Å². The molecule has 0 saturated carbocycles. The lowest BCUT2D eigenvalue weighted by Gasteiger charge is -2.11. The van der Waals surface area contributed by atoms with Crippen LogP contribution in [0.25, 0.3) is 0 Å². The third kappa shape index (κ3) is 3.23. The van der Waals surface area contributed by atoms with Gasteiger partial charge in [-0.2, -0.15) is 0 Å². The Hall–Kier alpha value is -2.18. The fourth-order valence-electron chi connectivity index (χ4n) is 1.72. The van der Waals surface area contributed by atoms with E-state index in [1.807, 2.05) is 30.3 Å². The number of hydrogen-bond acceptors (Lipinski definition) is 4. The lowest BCUT2D eigenvalue weighted by molar-refractivity contribution is 0.111. The van der Waals surface area contributed by atoms with E-state index in [-0.39, 0.29) is 23.4 Å². The van der Waals surface area contributed by atoms with Gasteiger partial charge in [-0.1, -0.05) is 30.3 Å². The van der Waals surface area contributed by atoms with E-state index in [4.69, 9.17) is 14.8 Å². The molecule has 2 rings (SSSR count). The highest BCUT2D eigenvalue weighted by Crippen LogP contribution is 2.19. The Morgan fingerprint density at radius 2 is 1.90 bits per heavy atom. The molecule has 2 aromatic carbocycles. The van der Waals surface area contributed by atoms with E-state index in [0.717, 1.165) is 17.7 Å². The van der Waals surface area contributed by atoms with Gasteiger partial charge in [0.2, 0.25) is 0 Å². The number of halogens is 1. The quantitative estimate of drug-likeness (QED) is 0.628. The third-order valence-electron chi connectivity index (χ3n) is 2.75. The van der Waals surface area contributed by atoms with Crippen LogP contribution in [0.3, 0.4) is 0 Å². The van der Waals surface area contributed by atoms with E-state index < -0.39 is 12.9 Å². The Labute approximate surface area is 115 Å². The summed E-state index contributed by atoms with van der Waals surface area (Å²) in [5.74, 6) is -1.01. The second-order valence-electron chi connectivity index (χ2n) is 4.19. The Morgan fingerprint density at radius 1 is 1.20 bits per heavy atom. The number of ether oxygens (including phenoxy) is 1.